The zero-order chi connectivity index (χ0) is 13.2. The Morgan fingerprint density at radius 1 is 1.22 bits per heavy atom. The highest BCUT2D eigenvalue weighted by atomic mass is 32.2. The van der Waals surface area contributed by atoms with Crippen molar-refractivity contribution < 1.29 is 8.42 Å². The second-order valence-electron chi connectivity index (χ2n) is 4.73. The number of hydrogen-bond acceptors (Lipinski definition) is 3. The number of piperidine rings is 1. The van der Waals surface area contributed by atoms with Crippen LogP contribution in [0, 0.1) is 6.92 Å². The molecule has 0 radical (unpaired) electrons. The molecule has 100 valence electrons. The van der Waals surface area contributed by atoms with E-state index in [1.54, 1.807) is 16.4 Å². The Kier molecular flexibility index (Phi) is 4.04. The first-order valence-corrected chi connectivity index (χ1v) is 7.73. The summed E-state index contributed by atoms with van der Waals surface area (Å²) in [5.41, 5.74) is 0.813. The van der Waals surface area contributed by atoms with E-state index in [0.717, 1.165) is 18.4 Å². The summed E-state index contributed by atoms with van der Waals surface area (Å²) in [5, 5.41) is 3.21. The Labute approximate surface area is 109 Å². The van der Waals surface area contributed by atoms with Crippen LogP contribution in [0.5, 0.6) is 0 Å². The molecule has 1 aliphatic heterocycles. The molecule has 0 spiro atoms. The van der Waals surface area contributed by atoms with Gasteiger partial charge >= 0.3 is 0 Å². The minimum atomic E-state index is -3.32. The SMILES string of the molecule is CNC1CCN(S(=O)(=O)c2ccccc2C)CC1. The summed E-state index contributed by atoms with van der Waals surface area (Å²) >= 11 is 0. The van der Waals surface area contributed by atoms with Crippen LogP contribution in [0.4, 0.5) is 0 Å². The second-order valence-corrected chi connectivity index (χ2v) is 6.64. The Balaban J connectivity index is 2.20. The van der Waals surface area contributed by atoms with Crippen LogP contribution >= 0.6 is 0 Å². The molecule has 5 heteroatoms. The highest BCUT2D eigenvalue weighted by Gasteiger charge is 2.29. The van der Waals surface area contributed by atoms with Crippen molar-refractivity contribution in [1.29, 1.82) is 0 Å². The van der Waals surface area contributed by atoms with Crippen molar-refractivity contribution >= 4 is 10.0 Å². The molecule has 0 bridgehead atoms. The van der Waals surface area contributed by atoms with Crippen molar-refractivity contribution in [1.82, 2.24) is 9.62 Å². The van der Waals surface area contributed by atoms with Crippen LogP contribution in [-0.4, -0.2) is 38.9 Å². The smallest absolute Gasteiger partial charge is 0.243 e. The Morgan fingerprint density at radius 2 is 1.83 bits per heavy atom. The molecule has 1 heterocycles. The van der Waals surface area contributed by atoms with Crippen molar-refractivity contribution in [2.45, 2.75) is 30.7 Å². The fourth-order valence-corrected chi connectivity index (χ4v) is 4.06. The lowest BCUT2D eigenvalue weighted by molar-refractivity contribution is 0.298. The average molecular weight is 268 g/mol. The maximum Gasteiger partial charge on any atom is 0.243 e. The summed E-state index contributed by atoms with van der Waals surface area (Å²) in [6.45, 7) is 3.04. The van der Waals surface area contributed by atoms with Crippen LogP contribution in [0.15, 0.2) is 29.2 Å². The van der Waals surface area contributed by atoms with Gasteiger partial charge < -0.3 is 5.32 Å². The van der Waals surface area contributed by atoms with Crippen LogP contribution in [-0.2, 0) is 10.0 Å². The van der Waals surface area contributed by atoms with Crippen molar-refractivity contribution in [2.75, 3.05) is 20.1 Å². The fraction of sp³-hybridized carbons (Fsp3) is 0.538. The lowest BCUT2D eigenvalue weighted by Crippen LogP contribution is -2.44. The first-order valence-electron chi connectivity index (χ1n) is 6.29. The molecule has 1 N–H and O–H groups in total. The predicted octanol–water partition coefficient (Wildman–Crippen LogP) is 1.37. The highest BCUT2D eigenvalue weighted by Crippen LogP contribution is 2.22. The molecule has 1 aliphatic rings. The summed E-state index contributed by atoms with van der Waals surface area (Å²) in [6.07, 6.45) is 1.75. The third-order valence-corrected chi connectivity index (χ3v) is 5.63. The number of nitrogens with zero attached hydrogens (tertiary/aromatic N) is 1. The zero-order valence-corrected chi connectivity index (χ0v) is 11.7. The standard InChI is InChI=1S/C13H20N2O2S/c1-11-5-3-4-6-13(11)18(16,17)15-9-7-12(14-2)8-10-15/h3-6,12,14H,7-10H2,1-2H3. The molecule has 1 saturated heterocycles. The predicted molar refractivity (Wildman–Crippen MR) is 72.0 cm³/mol. The number of benzene rings is 1. The molecule has 0 aliphatic carbocycles. The van der Waals surface area contributed by atoms with Gasteiger partial charge in [-0.15, -0.1) is 0 Å². The lowest BCUT2D eigenvalue weighted by Gasteiger charge is -2.31. The first-order chi connectivity index (χ1) is 8.55. The lowest BCUT2D eigenvalue weighted by atomic mass is 10.1. The van der Waals surface area contributed by atoms with Gasteiger partial charge in [0, 0.05) is 19.1 Å². The molecular weight excluding hydrogens is 248 g/mol. The van der Waals surface area contributed by atoms with Gasteiger partial charge in [-0.2, -0.15) is 4.31 Å². The molecule has 0 atom stereocenters. The molecule has 2 rings (SSSR count). The molecule has 0 saturated carbocycles. The zero-order valence-electron chi connectivity index (χ0n) is 10.9. The molecule has 0 unspecified atom stereocenters. The summed E-state index contributed by atoms with van der Waals surface area (Å²) in [4.78, 5) is 0.438. The summed E-state index contributed by atoms with van der Waals surface area (Å²) in [7, 11) is -1.39. The van der Waals surface area contributed by atoms with Gasteiger partial charge in [0.15, 0.2) is 0 Å². The fourth-order valence-electron chi connectivity index (χ4n) is 2.37. The minimum Gasteiger partial charge on any atom is -0.317 e. The van der Waals surface area contributed by atoms with Crippen LogP contribution in [0.3, 0.4) is 0 Å². The topological polar surface area (TPSA) is 49.4 Å². The van der Waals surface area contributed by atoms with Crippen LogP contribution in [0.25, 0.3) is 0 Å². The Bertz CT molecular complexity index is 505. The second kappa shape index (κ2) is 5.38. The molecule has 4 nitrogen and oxygen atoms in total. The highest BCUT2D eigenvalue weighted by molar-refractivity contribution is 7.89. The molecular formula is C13H20N2O2S. The molecule has 0 aromatic heterocycles. The van der Waals surface area contributed by atoms with Crippen molar-refractivity contribution in [3.05, 3.63) is 29.8 Å². The number of hydrogen-bond donors (Lipinski definition) is 1. The van der Waals surface area contributed by atoms with Gasteiger partial charge in [-0.05, 0) is 38.4 Å². The van der Waals surface area contributed by atoms with Gasteiger partial charge in [0.25, 0.3) is 0 Å². The quantitative estimate of drug-likeness (QED) is 0.900. The number of rotatable bonds is 3. The van der Waals surface area contributed by atoms with Crippen molar-refractivity contribution in [3.63, 3.8) is 0 Å². The van der Waals surface area contributed by atoms with E-state index in [9.17, 15) is 8.42 Å². The van der Waals surface area contributed by atoms with Gasteiger partial charge in [0.05, 0.1) is 4.90 Å². The van der Waals surface area contributed by atoms with Crippen molar-refractivity contribution in [3.8, 4) is 0 Å². The largest absolute Gasteiger partial charge is 0.317 e. The van der Waals surface area contributed by atoms with E-state index in [1.165, 1.54) is 0 Å². The van der Waals surface area contributed by atoms with Crippen molar-refractivity contribution in [2.24, 2.45) is 0 Å². The Hall–Kier alpha value is -0.910. The van der Waals surface area contributed by atoms with E-state index >= 15 is 0 Å². The number of nitrogens with one attached hydrogen (secondary N) is 1. The van der Waals surface area contributed by atoms with Gasteiger partial charge in [0.1, 0.15) is 0 Å². The van der Waals surface area contributed by atoms with E-state index in [1.807, 2.05) is 26.1 Å². The van der Waals surface area contributed by atoms with E-state index in [2.05, 4.69) is 5.32 Å². The van der Waals surface area contributed by atoms with Gasteiger partial charge in [-0.1, -0.05) is 18.2 Å². The minimum absolute atomic E-state index is 0.438. The number of aryl methyl sites for hydroxylation is 1. The molecule has 0 amide bonds. The van der Waals surface area contributed by atoms with E-state index in [0.29, 0.717) is 24.0 Å². The van der Waals surface area contributed by atoms with Gasteiger partial charge in [-0.25, -0.2) is 8.42 Å². The number of sulfonamides is 1. The average Bonchev–Trinajstić information content (AvgIpc) is 2.39. The molecule has 1 fully saturated rings. The summed E-state index contributed by atoms with van der Waals surface area (Å²) < 4.78 is 26.6. The summed E-state index contributed by atoms with van der Waals surface area (Å²) in [6, 6.07) is 7.61. The van der Waals surface area contributed by atoms with Gasteiger partial charge in [-0.3, -0.25) is 0 Å². The first kappa shape index (κ1) is 13.5. The van der Waals surface area contributed by atoms with Crippen LogP contribution < -0.4 is 5.32 Å². The third kappa shape index (κ3) is 2.58. The normalized spacial score (nSPS) is 19.0. The monoisotopic (exact) mass is 268 g/mol. The maximum atomic E-state index is 12.5. The Morgan fingerprint density at radius 3 is 2.39 bits per heavy atom. The van der Waals surface area contributed by atoms with E-state index in [-0.39, 0.29) is 0 Å². The van der Waals surface area contributed by atoms with E-state index in [4.69, 9.17) is 0 Å². The van der Waals surface area contributed by atoms with Crippen LogP contribution in [0.1, 0.15) is 18.4 Å². The maximum absolute atomic E-state index is 12.5. The molecule has 18 heavy (non-hydrogen) atoms. The molecule has 1 aromatic rings. The van der Waals surface area contributed by atoms with E-state index < -0.39 is 10.0 Å². The molecule has 1 aromatic carbocycles. The third-order valence-electron chi connectivity index (χ3n) is 3.57. The van der Waals surface area contributed by atoms with Crippen LogP contribution in [0.2, 0.25) is 0 Å². The summed E-state index contributed by atoms with van der Waals surface area (Å²) in [5.74, 6) is 0. The van der Waals surface area contributed by atoms with Gasteiger partial charge in [0.2, 0.25) is 10.0 Å².